The van der Waals surface area contributed by atoms with E-state index in [1.165, 1.54) is 21.4 Å². The standard InChI is InChI=1S/C14H15ClN6/c1-19-17-14(16-18-19)9-20-4-5-21-12(8-20)7-10-6-11(15)2-3-13(10)21/h2-3,6-7H,4-5,8-9H2,1H3. The molecule has 0 aliphatic carbocycles. The van der Waals surface area contributed by atoms with Crippen LogP contribution < -0.4 is 0 Å². The van der Waals surface area contributed by atoms with Gasteiger partial charge in [0.15, 0.2) is 5.82 Å². The van der Waals surface area contributed by atoms with Crippen LogP contribution in [0.15, 0.2) is 24.3 Å². The van der Waals surface area contributed by atoms with Gasteiger partial charge in [-0.05, 0) is 29.5 Å². The molecule has 0 bridgehead atoms. The Labute approximate surface area is 126 Å². The van der Waals surface area contributed by atoms with Gasteiger partial charge in [0.1, 0.15) is 0 Å². The van der Waals surface area contributed by atoms with Crippen molar-refractivity contribution in [1.82, 2.24) is 29.7 Å². The fraction of sp³-hybridized carbons (Fsp3) is 0.357. The summed E-state index contributed by atoms with van der Waals surface area (Å²) >= 11 is 6.08. The van der Waals surface area contributed by atoms with Crippen molar-refractivity contribution >= 4 is 22.5 Å². The first-order valence-corrected chi connectivity index (χ1v) is 7.30. The number of aryl methyl sites for hydroxylation is 1. The lowest BCUT2D eigenvalue weighted by Crippen LogP contribution is -2.33. The monoisotopic (exact) mass is 302 g/mol. The number of nitrogens with zero attached hydrogens (tertiary/aromatic N) is 6. The third-order valence-corrected chi connectivity index (χ3v) is 4.12. The van der Waals surface area contributed by atoms with E-state index in [1.54, 1.807) is 7.05 Å². The third-order valence-electron chi connectivity index (χ3n) is 3.89. The molecule has 4 rings (SSSR count). The summed E-state index contributed by atoms with van der Waals surface area (Å²) in [6, 6.07) is 8.29. The molecule has 7 heteroatoms. The van der Waals surface area contributed by atoms with E-state index in [4.69, 9.17) is 11.6 Å². The van der Waals surface area contributed by atoms with E-state index in [-0.39, 0.29) is 0 Å². The van der Waals surface area contributed by atoms with Crippen LogP contribution in [0.5, 0.6) is 0 Å². The Hall–Kier alpha value is -1.92. The lowest BCUT2D eigenvalue weighted by molar-refractivity contribution is 0.210. The van der Waals surface area contributed by atoms with Crippen molar-refractivity contribution in [2.75, 3.05) is 6.54 Å². The minimum atomic E-state index is 0.732. The summed E-state index contributed by atoms with van der Waals surface area (Å²) in [6.45, 7) is 3.58. The molecule has 1 aliphatic heterocycles. The number of tetrazole rings is 1. The zero-order valence-corrected chi connectivity index (χ0v) is 12.5. The highest BCUT2D eigenvalue weighted by molar-refractivity contribution is 6.31. The first-order chi connectivity index (χ1) is 10.2. The van der Waals surface area contributed by atoms with Crippen LogP contribution in [0.1, 0.15) is 11.5 Å². The Morgan fingerprint density at radius 2 is 2.14 bits per heavy atom. The number of halogens is 1. The molecule has 108 valence electrons. The maximum Gasteiger partial charge on any atom is 0.188 e. The molecule has 2 aromatic heterocycles. The number of hydrogen-bond donors (Lipinski definition) is 0. The Morgan fingerprint density at radius 1 is 1.24 bits per heavy atom. The average molecular weight is 303 g/mol. The molecule has 0 unspecified atom stereocenters. The molecule has 0 saturated heterocycles. The minimum absolute atomic E-state index is 0.732. The van der Waals surface area contributed by atoms with Crippen LogP contribution in [0.25, 0.3) is 10.9 Å². The number of hydrogen-bond acceptors (Lipinski definition) is 4. The predicted octanol–water partition coefficient (Wildman–Crippen LogP) is 1.83. The summed E-state index contributed by atoms with van der Waals surface area (Å²) < 4.78 is 2.37. The molecule has 0 amide bonds. The summed E-state index contributed by atoms with van der Waals surface area (Å²) in [5.41, 5.74) is 2.56. The molecule has 0 radical (unpaired) electrons. The van der Waals surface area contributed by atoms with Crippen LogP contribution in [-0.4, -0.2) is 36.2 Å². The van der Waals surface area contributed by atoms with Gasteiger partial charge in [-0.3, -0.25) is 4.90 Å². The summed E-state index contributed by atoms with van der Waals surface area (Å²) in [5.74, 6) is 0.769. The second kappa shape index (κ2) is 4.82. The van der Waals surface area contributed by atoms with E-state index in [2.05, 4.69) is 37.0 Å². The molecule has 1 aliphatic rings. The fourth-order valence-electron chi connectivity index (χ4n) is 2.97. The molecule has 0 spiro atoms. The van der Waals surface area contributed by atoms with E-state index in [1.807, 2.05) is 12.1 Å². The van der Waals surface area contributed by atoms with Gasteiger partial charge in [0.2, 0.25) is 0 Å². The summed E-state index contributed by atoms with van der Waals surface area (Å²) in [4.78, 5) is 3.84. The lowest BCUT2D eigenvalue weighted by Gasteiger charge is -2.27. The van der Waals surface area contributed by atoms with Gasteiger partial charge < -0.3 is 4.57 Å². The number of benzene rings is 1. The number of fused-ring (bicyclic) bond motifs is 3. The maximum atomic E-state index is 6.08. The highest BCUT2D eigenvalue weighted by Crippen LogP contribution is 2.26. The molecule has 1 aromatic carbocycles. The minimum Gasteiger partial charge on any atom is -0.342 e. The second-order valence-electron chi connectivity index (χ2n) is 5.40. The van der Waals surface area contributed by atoms with Crippen LogP contribution in [0.2, 0.25) is 5.02 Å². The van der Waals surface area contributed by atoms with Crippen molar-refractivity contribution in [2.24, 2.45) is 7.05 Å². The van der Waals surface area contributed by atoms with E-state index >= 15 is 0 Å². The van der Waals surface area contributed by atoms with Crippen molar-refractivity contribution in [3.63, 3.8) is 0 Å². The topological polar surface area (TPSA) is 51.8 Å². The van der Waals surface area contributed by atoms with Crippen LogP contribution in [-0.2, 0) is 26.7 Å². The van der Waals surface area contributed by atoms with Gasteiger partial charge in [-0.1, -0.05) is 11.6 Å². The molecule has 6 nitrogen and oxygen atoms in total. The van der Waals surface area contributed by atoms with Gasteiger partial charge in [-0.25, -0.2) is 0 Å². The van der Waals surface area contributed by atoms with Crippen LogP contribution in [0.3, 0.4) is 0 Å². The quantitative estimate of drug-likeness (QED) is 0.725. The fourth-order valence-corrected chi connectivity index (χ4v) is 3.15. The Bertz CT molecular complexity index is 805. The largest absolute Gasteiger partial charge is 0.342 e. The first kappa shape index (κ1) is 12.8. The second-order valence-corrected chi connectivity index (χ2v) is 5.83. The van der Waals surface area contributed by atoms with Gasteiger partial charge in [-0.15, -0.1) is 10.2 Å². The number of aromatic nitrogens is 5. The van der Waals surface area contributed by atoms with E-state index in [0.717, 1.165) is 37.0 Å². The zero-order valence-electron chi connectivity index (χ0n) is 11.7. The molecule has 3 heterocycles. The normalized spacial score (nSPS) is 15.5. The summed E-state index contributed by atoms with van der Waals surface area (Å²) in [7, 11) is 1.79. The van der Waals surface area contributed by atoms with Gasteiger partial charge in [-0.2, -0.15) is 4.80 Å². The maximum absolute atomic E-state index is 6.08. The highest BCUT2D eigenvalue weighted by atomic mass is 35.5. The van der Waals surface area contributed by atoms with Crippen LogP contribution >= 0.6 is 11.6 Å². The summed E-state index contributed by atoms with van der Waals surface area (Å²) in [6.07, 6.45) is 0. The SMILES string of the molecule is Cn1nnc(CN2CCn3c(cc4cc(Cl)ccc43)C2)n1. The molecule has 3 aromatic rings. The van der Waals surface area contributed by atoms with Crippen molar-refractivity contribution < 1.29 is 0 Å². The van der Waals surface area contributed by atoms with E-state index < -0.39 is 0 Å². The Morgan fingerprint density at radius 3 is 2.95 bits per heavy atom. The molecule has 0 fully saturated rings. The molecular weight excluding hydrogens is 288 g/mol. The molecule has 0 atom stereocenters. The smallest absolute Gasteiger partial charge is 0.188 e. The average Bonchev–Trinajstić information content (AvgIpc) is 3.01. The highest BCUT2D eigenvalue weighted by Gasteiger charge is 2.20. The predicted molar refractivity (Wildman–Crippen MR) is 79.9 cm³/mol. The van der Waals surface area contributed by atoms with Crippen molar-refractivity contribution in [2.45, 2.75) is 19.6 Å². The Balaban J connectivity index is 1.61. The van der Waals surface area contributed by atoms with Gasteiger partial charge >= 0.3 is 0 Å². The van der Waals surface area contributed by atoms with E-state index in [9.17, 15) is 0 Å². The van der Waals surface area contributed by atoms with Crippen LogP contribution in [0.4, 0.5) is 0 Å². The van der Waals surface area contributed by atoms with Gasteiger partial charge in [0.25, 0.3) is 0 Å². The van der Waals surface area contributed by atoms with Crippen molar-refractivity contribution in [3.05, 3.63) is 40.8 Å². The van der Waals surface area contributed by atoms with E-state index in [0.29, 0.717) is 0 Å². The summed E-state index contributed by atoms with van der Waals surface area (Å²) in [5, 5.41) is 14.2. The lowest BCUT2D eigenvalue weighted by atomic mass is 10.2. The first-order valence-electron chi connectivity index (χ1n) is 6.92. The van der Waals surface area contributed by atoms with Crippen molar-refractivity contribution in [1.29, 1.82) is 0 Å². The third kappa shape index (κ3) is 2.30. The van der Waals surface area contributed by atoms with Gasteiger partial charge in [0, 0.05) is 41.3 Å². The zero-order chi connectivity index (χ0) is 14.4. The molecule has 21 heavy (non-hydrogen) atoms. The van der Waals surface area contributed by atoms with Crippen LogP contribution in [0, 0.1) is 0 Å². The molecule has 0 saturated carbocycles. The molecular formula is C14H15ClN6. The molecule has 0 N–H and O–H groups in total. The van der Waals surface area contributed by atoms with Crippen molar-refractivity contribution in [3.8, 4) is 0 Å². The van der Waals surface area contributed by atoms with Gasteiger partial charge in [0.05, 0.1) is 13.6 Å². The number of rotatable bonds is 2. The Kier molecular flexibility index (Phi) is 2.94.